The quantitative estimate of drug-likeness (QED) is 0.846. The van der Waals surface area contributed by atoms with E-state index in [0.29, 0.717) is 5.25 Å². The van der Waals surface area contributed by atoms with Crippen molar-refractivity contribution in [3.63, 3.8) is 0 Å². The van der Waals surface area contributed by atoms with Crippen molar-refractivity contribution >= 4 is 11.8 Å². The van der Waals surface area contributed by atoms with Gasteiger partial charge in [0.2, 0.25) is 0 Å². The van der Waals surface area contributed by atoms with Crippen molar-refractivity contribution in [3.05, 3.63) is 46.8 Å². The SMILES string of the molecule is COc1cccc(C2SCCCc3c2c(C)nn3C)c1. The molecule has 3 nitrogen and oxygen atoms in total. The minimum Gasteiger partial charge on any atom is -0.497 e. The summed E-state index contributed by atoms with van der Waals surface area (Å²) in [6.07, 6.45) is 2.34. The van der Waals surface area contributed by atoms with Gasteiger partial charge < -0.3 is 4.74 Å². The number of thioether (sulfide) groups is 1. The first kappa shape index (κ1) is 13.6. The molecule has 1 unspecified atom stereocenters. The third-order valence-electron chi connectivity index (χ3n) is 3.89. The number of fused-ring (bicyclic) bond motifs is 1. The highest BCUT2D eigenvalue weighted by molar-refractivity contribution is 7.99. The molecule has 20 heavy (non-hydrogen) atoms. The van der Waals surface area contributed by atoms with Crippen molar-refractivity contribution in [2.45, 2.75) is 25.0 Å². The maximum atomic E-state index is 5.37. The second-order valence-electron chi connectivity index (χ2n) is 5.20. The monoisotopic (exact) mass is 288 g/mol. The molecule has 3 rings (SSSR count). The lowest BCUT2D eigenvalue weighted by molar-refractivity contribution is 0.414. The van der Waals surface area contributed by atoms with Crippen LogP contribution in [0.15, 0.2) is 24.3 Å². The molecule has 1 atom stereocenters. The molecular weight excluding hydrogens is 268 g/mol. The molecule has 1 aliphatic rings. The molecule has 2 aromatic rings. The first-order chi connectivity index (χ1) is 9.70. The number of nitrogens with zero attached hydrogens (tertiary/aromatic N) is 2. The van der Waals surface area contributed by atoms with Crippen molar-refractivity contribution in [1.82, 2.24) is 9.78 Å². The van der Waals surface area contributed by atoms with Crippen LogP contribution in [0.5, 0.6) is 5.75 Å². The first-order valence-corrected chi connectivity index (χ1v) is 8.03. The fourth-order valence-electron chi connectivity index (χ4n) is 2.95. The molecule has 0 amide bonds. The third-order valence-corrected chi connectivity index (χ3v) is 5.26. The summed E-state index contributed by atoms with van der Waals surface area (Å²) in [5.41, 5.74) is 5.27. The lowest BCUT2D eigenvalue weighted by Crippen LogP contribution is -2.02. The average Bonchev–Trinajstić information content (AvgIpc) is 2.66. The van der Waals surface area contributed by atoms with Crippen molar-refractivity contribution in [2.75, 3.05) is 12.9 Å². The highest BCUT2D eigenvalue weighted by atomic mass is 32.2. The smallest absolute Gasteiger partial charge is 0.119 e. The zero-order valence-electron chi connectivity index (χ0n) is 12.2. The van der Waals surface area contributed by atoms with Gasteiger partial charge in [-0.25, -0.2) is 0 Å². The van der Waals surface area contributed by atoms with Crippen LogP contribution in [-0.4, -0.2) is 22.6 Å². The van der Waals surface area contributed by atoms with Crippen molar-refractivity contribution in [2.24, 2.45) is 7.05 Å². The van der Waals surface area contributed by atoms with E-state index in [1.807, 2.05) is 17.8 Å². The molecule has 1 aliphatic heterocycles. The predicted octanol–water partition coefficient (Wildman–Crippen LogP) is 3.51. The molecule has 0 radical (unpaired) electrons. The Kier molecular flexibility index (Phi) is 3.74. The Morgan fingerprint density at radius 2 is 2.25 bits per heavy atom. The van der Waals surface area contributed by atoms with Gasteiger partial charge in [0.25, 0.3) is 0 Å². The van der Waals surface area contributed by atoms with Crippen LogP contribution in [0.4, 0.5) is 0 Å². The van der Waals surface area contributed by atoms with E-state index in [0.717, 1.165) is 17.9 Å². The Balaban J connectivity index is 2.09. The lowest BCUT2D eigenvalue weighted by atomic mass is 10.0. The highest BCUT2D eigenvalue weighted by Gasteiger charge is 2.26. The standard InChI is InChI=1S/C16H20N2OS/c1-11-15-14(18(2)17-11)8-5-9-20-16(15)12-6-4-7-13(10-12)19-3/h4,6-7,10,16H,5,8-9H2,1-3H3. The van der Waals surface area contributed by atoms with Gasteiger partial charge in [-0.05, 0) is 43.2 Å². The maximum absolute atomic E-state index is 5.37. The van der Waals surface area contributed by atoms with Crippen molar-refractivity contribution in [1.29, 1.82) is 0 Å². The Labute approximate surface area is 124 Å². The second kappa shape index (κ2) is 5.52. The molecule has 1 aromatic carbocycles. The zero-order valence-corrected chi connectivity index (χ0v) is 13.0. The van der Waals surface area contributed by atoms with Crippen molar-refractivity contribution < 1.29 is 4.74 Å². The molecule has 1 aromatic heterocycles. The second-order valence-corrected chi connectivity index (χ2v) is 6.41. The van der Waals surface area contributed by atoms with Crippen LogP contribution in [0.2, 0.25) is 0 Å². The van der Waals surface area contributed by atoms with E-state index >= 15 is 0 Å². The van der Waals surface area contributed by atoms with Crippen LogP contribution in [0.1, 0.15) is 34.2 Å². The zero-order chi connectivity index (χ0) is 14.1. The largest absolute Gasteiger partial charge is 0.497 e. The van der Waals surface area contributed by atoms with E-state index in [9.17, 15) is 0 Å². The van der Waals surface area contributed by atoms with E-state index in [1.165, 1.54) is 29.0 Å². The van der Waals surface area contributed by atoms with Crippen LogP contribution in [0.3, 0.4) is 0 Å². The molecule has 2 heterocycles. The van der Waals surface area contributed by atoms with Gasteiger partial charge in [0.05, 0.1) is 18.1 Å². The minimum atomic E-state index is 0.372. The van der Waals surface area contributed by atoms with Gasteiger partial charge >= 0.3 is 0 Å². The summed E-state index contributed by atoms with van der Waals surface area (Å²) in [5, 5.41) is 5.00. The molecule has 0 saturated heterocycles. The summed E-state index contributed by atoms with van der Waals surface area (Å²) in [4.78, 5) is 0. The molecule has 4 heteroatoms. The summed E-state index contributed by atoms with van der Waals surface area (Å²) in [7, 11) is 3.78. The minimum absolute atomic E-state index is 0.372. The summed E-state index contributed by atoms with van der Waals surface area (Å²) < 4.78 is 7.43. The van der Waals surface area contributed by atoms with Gasteiger partial charge in [0.15, 0.2) is 0 Å². The fraction of sp³-hybridized carbons (Fsp3) is 0.438. The Morgan fingerprint density at radius 3 is 3.05 bits per heavy atom. The summed E-state index contributed by atoms with van der Waals surface area (Å²) >= 11 is 2.02. The topological polar surface area (TPSA) is 27.1 Å². The average molecular weight is 288 g/mol. The summed E-state index contributed by atoms with van der Waals surface area (Å²) in [5.74, 6) is 2.12. The molecule has 0 N–H and O–H groups in total. The van der Waals surface area contributed by atoms with E-state index in [4.69, 9.17) is 4.74 Å². The van der Waals surface area contributed by atoms with Gasteiger partial charge in [0, 0.05) is 18.3 Å². The van der Waals surface area contributed by atoms with E-state index < -0.39 is 0 Å². The van der Waals surface area contributed by atoms with E-state index in [-0.39, 0.29) is 0 Å². The molecule has 0 fully saturated rings. The number of methoxy groups -OCH3 is 1. The Morgan fingerprint density at radius 1 is 1.40 bits per heavy atom. The number of aromatic nitrogens is 2. The van der Waals surface area contributed by atoms with Crippen molar-refractivity contribution in [3.8, 4) is 5.75 Å². The number of hydrogen-bond donors (Lipinski definition) is 0. The Hall–Kier alpha value is -1.42. The van der Waals surface area contributed by atoms with E-state index in [1.54, 1.807) is 7.11 Å². The maximum Gasteiger partial charge on any atom is 0.119 e. The van der Waals surface area contributed by atoms with Crippen LogP contribution in [0.25, 0.3) is 0 Å². The lowest BCUT2D eigenvalue weighted by Gasteiger charge is -2.17. The van der Waals surface area contributed by atoms with Crippen LogP contribution in [0, 0.1) is 6.92 Å². The van der Waals surface area contributed by atoms with Crippen LogP contribution in [-0.2, 0) is 13.5 Å². The highest BCUT2D eigenvalue weighted by Crippen LogP contribution is 2.42. The number of benzene rings is 1. The first-order valence-electron chi connectivity index (χ1n) is 6.98. The third kappa shape index (κ3) is 2.33. The van der Waals surface area contributed by atoms with Gasteiger partial charge in [-0.3, -0.25) is 4.68 Å². The van der Waals surface area contributed by atoms with Gasteiger partial charge in [0.1, 0.15) is 5.75 Å². The molecule has 0 saturated carbocycles. The molecule has 0 bridgehead atoms. The van der Waals surface area contributed by atoms with E-state index in [2.05, 4.69) is 42.0 Å². The number of ether oxygens (including phenoxy) is 1. The van der Waals surface area contributed by atoms with Crippen LogP contribution >= 0.6 is 11.8 Å². The molecule has 0 aliphatic carbocycles. The summed E-state index contributed by atoms with van der Waals surface area (Å²) in [6, 6.07) is 8.42. The number of rotatable bonds is 2. The molecule has 106 valence electrons. The molecule has 0 spiro atoms. The number of aryl methyl sites for hydroxylation is 2. The van der Waals surface area contributed by atoms with Crippen LogP contribution < -0.4 is 4.74 Å². The number of hydrogen-bond acceptors (Lipinski definition) is 3. The fourth-order valence-corrected chi connectivity index (χ4v) is 4.31. The summed E-state index contributed by atoms with van der Waals surface area (Å²) in [6.45, 7) is 2.12. The van der Waals surface area contributed by atoms with Gasteiger partial charge in [-0.2, -0.15) is 5.10 Å². The predicted molar refractivity (Wildman–Crippen MR) is 83.6 cm³/mol. The molecular formula is C16H20N2OS. The van der Waals surface area contributed by atoms with Gasteiger partial charge in [-0.1, -0.05) is 12.1 Å². The normalized spacial score (nSPS) is 18.4. The van der Waals surface area contributed by atoms with Gasteiger partial charge in [-0.15, -0.1) is 11.8 Å². The Bertz CT molecular complexity index is 621.